The number of nitrogens with zero attached hydrogens (tertiary/aromatic N) is 3. The number of hydrogen-bond donors (Lipinski definition) is 2. The smallest absolute Gasteiger partial charge is 0.311 e. The van der Waals surface area contributed by atoms with Crippen LogP contribution in [-0.4, -0.2) is 58.2 Å². The number of halogens is 3. The van der Waals surface area contributed by atoms with Crippen molar-refractivity contribution in [3.8, 4) is 5.75 Å². The largest absolute Gasteiger partial charge is 0.421 e. The minimum absolute atomic E-state index is 0.0273. The van der Waals surface area contributed by atoms with Gasteiger partial charge in [-0.05, 0) is 30.3 Å². The number of carbonyl (C=O) groups is 3. The molecule has 3 aromatic rings. The second kappa shape index (κ2) is 13.4. The first-order valence-corrected chi connectivity index (χ1v) is 13.1. The fraction of sp³-hybridized carbons (Fsp3) is 0.385. The van der Waals surface area contributed by atoms with Gasteiger partial charge in [-0.1, -0.05) is 13.0 Å². The average Bonchev–Trinajstić information content (AvgIpc) is 3.19. The average molecular weight is 566 g/mol. The standard InChI is InChI=1S/C26H30Cl2FN5O4/c1-4-24(36)38-25-18(29)6-5-7-19(25)32-26(37)21(30-16(2)35)15-23-31-20-14-17(8-9-22(20)33(23)3)34(12-10-27)13-11-28/h5-9,14,21H,4,10-13,15H2,1-3H3,(H,30,35)(H,32,37)/t21-/m0/s1. The normalized spacial score (nSPS) is 11.7. The molecular weight excluding hydrogens is 536 g/mol. The summed E-state index contributed by atoms with van der Waals surface area (Å²) in [7, 11) is 1.82. The number of fused-ring (bicyclic) bond motifs is 1. The molecule has 1 heterocycles. The van der Waals surface area contributed by atoms with E-state index in [1.807, 2.05) is 29.8 Å². The number of anilines is 2. The van der Waals surface area contributed by atoms with E-state index in [4.69, 9.17) is 32.9 Å². The number of amides is 2. The van der Waals surface area contributed by atoms with E-state index < -0.39 is 29.6 Å². The molecule has 12 heteroatoms. The van der Waals surface area contributed by atoms with Gasteiger partial charge in [-0.25, -0.2) is 9.37 Å². The van der Waals surface area contributed by atoms with Crippen molar-refractivity contribution < 1.29 is 23.5 Å². The maximum absolute atomic E-state index is 14.4. The zero-order valence-electron chi connectivity index (χ0n) is 21.4. The zero-order valence-corrected chi connectivity index (χ0v) is 22.9. The summed E-state index contributed by atoms with van der Waals surface area (Å²) in [6, 6.07) is 8.67. The molecule has 2 aromatic carbocycles. The maximum Gasteiger partial charge on any atom is 0.311 e. The minimum atomic E-state index is -1.04. The quantitative estimate of drug-likeness (QED) is 0.195. The number of aromatic nitrogens is 2. The van der Waals surface area contributed by atoms with Gasteiger partial charge in [0.05, 0.1) is 16.7 Å². The van der Waals surface area contributed by atoms with Gasteiger partial charge in [0.2, 0.25) is 11.8 Å². The molecule has 2 amide bonds. The van der Waals surface area contributed by atoms with Gasteiger partial charge in [-0.3, -0.25) is 14.4 Å². The second-order valence-corrected chi connectivity index (χ2v) is 9.27. The Morgan fingerprint density at radius 3 is 2.50 bits per heavy atom. The minimum Gasteiger partial charge on any atom is -0.421 e. The van der Waals surface area contributed by atoms with Crippen LogP contribution in [0, 0.1) is 5.82 Å². The van der Waals surface area contributed by atoms with Gasteiger partial charge in [0.1, 0.15) is 11.9 Å². The summed E-state index contributed by atoms with van der Waals surface area (Å²) in [5, 5.41) is 5.20. The molecule has 1 aromatic heterocycles. The van der Waals surface area contributed by atoms with Gasteiger partial charge in [-0.15, -0.1) is 23.2 Å². The Bertz CT molecular complexity index is 1310. The predicted octanol–water partition coefficient (Wildman–Crippen LogP) is 4.00. The number of benzene rings is 2. The second-order valence-electron chi connectivity index (χ2n) is 8.52. The highest BCUT2D eigenvalue weighted by atomic mass is 35.5. The molecule has 0 aliphatic rings. The molecule has 3 rings (SSSR count). The Morgan fingerprint density at radius 2 is 1.87 bits per heavy atom. The summed E-state index contributed by atoms with van der Waals surface area (Å²) in [6.07, 6.45) is 0.0819. The van der Waals surface area contributed by atoms with E-state index in [2.05, 4.69) is 15.5 Å². The van der Waals surface area contributed by atoms with Crippen LogP contribution in [0.2, 0.25) is 0 Å². The Morgan fingerprint density at radius 1 is 1.16 bits per heavy atom. The highest BCUT2D eigenvalue weighted by molar-refractivity contribution is 6.18. The number of hydrogen-bond acceptors (Lipinski definition) is 6. The molecule has 0 spiro atoms. The zero-order chi connectivity index (χ0) is 27.8. The third-order valence-electron chi connectivity index (χ3n) is 5.84. The number of rotatable bonds is 12. The van der Waals surface area contributed by atoms with Crippen LogP contribution in [0.15, 0.2) is 36.4 Å². The number of alkyl halides is 2. The molecule has 2 N–H and O–H groups in total. The summed E-state index contributed by atoms with van der Waals surface area (Å²) in [4.78, 5) is 43.7. The molecule has 0 fully saturated rings. The van der Waals surface area contributed by atoms with Crippen molar-refractivity contribution in [2.24, 2.45) is 7.05 Å². The highest BCUT2D eigenvalue weighted by Crippen LogP contribution is 2.29. The molecule has 0 saturated carbocycles. The van der Waals surface area contributed by atoms with Crippen LogP contribution in [0.25, 0.3) is 11.0 Å². The maximum atomic E-state index is 14.4. The van der Waals surface area contributed by atoms with Crippen LogP contribution in [0.1, 0.15) is 26.1 Å². The van der Waals surface area contributed by atoms with Gasteiger partial charge in [0, 0.05) is 57.3 Å². The number of carbonyl (C=O) groups excluding carboxylic acids is 3. The predicted molar refractivity (Wildman–Crippen MR) is 147 cm³/mol. The molecule has 0 aliphatic heterocycles. The summed E-state index contributed by atoms with van der Waals surface area (Å²) in [5.74, 6) is -1.46. The van der Waals surface area contributed by atoms with Crippen molar-refractivity contribution in [2.45, 2.75) is 32.7 Å². The first-order valence-electron chi connectivity index (χ1n) is 12.1. The Kier molecular flexibility index (Phi) is 10.3. The van der Waals surface area contributed by atoms with Gasteiger partial charge < -0.3 is 24.8 Å². The lowest BCUT2D eigenvalue weighted by atomic mass is 10.1. The van der Waals surface area contributed by atoms with Crippen molar-refractivity contribution >= 4 is 63.4 Å². The molecule has 0 bridgehead atoms. The lowest BCUT2D eigenvalue weighted by molar-refractivity contribution is -0.134. The molecule has 0 unspecified atom stereocenters. The van der Waals surface area contributed by atoms with Crippen LogP contribution in [-0.2, 0) is 27.9 Å². The van der Waals surface area contributed by atoms with Crippen LogP contribution < -0.4 is 20.3 Å². The molecule has 0 aliphatic carbocycles. The van der Waals surface area contributed by atoms with Crippen LogP contribution in [0.4, 0.5) is 15.8 Å². The Labute approximate surface area is 230 Å². The first-order chi connectivity index (χ1) is 18.2. The number of nitrogens with one attached hydrogen (secondary N) is 2. The third kappa shape index (κ3) is 7.14. The molecule has 0 saturated heterocycles. The molecule has 38 heavy (non-hydrogen) atoms. The van der Waals surface area contributed by atoms with Gasteiger partial charge in [0.15, 0.2) is 11.6 Å². The lowest BCUT2D eigenvalue weighted by Gasteiger charge is -2.22. The Hall–Kier alpha value is -3.37. The van der Waals surface area contributed by atoms with Crippen LogP contribution in [0.3, 0.4) is 0 Å². The highest BCUT2D eigenvalue weighted by Gasteiger charge is 2.25. The van der Waals surface area contributed by atoms with Crippen molar-refractivity contribution in [1.29, 1.82) is 0 Å². The van der Waals surface area contributed by atoms with Gasteiger partial charge >= 0.3 is 5.97 Å². The summed E-state index contributed by atoms with van der Waals surface area (Å²) < 4.78 is 21.3. The fourth-order valence-corrected chi connectivity index (χ4v) is 4.35. The van der Waals surface area contributed by atoms with E-state index >= 15 is 0 Å². The Balaban J connectivity index is 1.89. The van der Waals surface area contributed by atoms with E-state index in [0.29, 0.717) is 36.2 Å². The van der Waals surface area contributed by atoms with Crippen molar-refractivity contribution in [1.82, 2.24) is 14.9 Å². The van der Waals surface area contributed by atoms with E-state index in [9.17, 15) is 18.8 Å². The van der Waals surface area contributed by atoms with Gasteiger partial charge in [-0.2, -0.15) is 0 Å². The number of aryl methyl sites for hydroxylation is 1. The summed E-state index contributed by atoms with van der Waals surface area (Å²) in [5.41, 5.74) is 2.43. The van der Waals surface area contributed by atoms with Crippen LogP contribution >= 0.6 is 23.2 Å². The summed E-state index contributed by atoms with van der Waals surface area (Å²) >= 11 is 11.9. The molecular formula is C26H30Cl2FN5O4. The van der Waals surface area contributed by atoms with Crippen LogP contribution in [0.5, 0.6) is 5.75 Å². The monoisotopic (exact) mass is 565 g/mol. The SMILES string of the molecule is CCC(=O)Oc1c(F)cccc1NC(=O)[C@H](Cc1nc2cc(N(CCCl)CCCl)ccc2n1C)NC(C)=O. The van der Waals surface area contributed by atoms with Gasteiger partial charge in [0.25, 0.3) is 0 Å². The van der Waals surface area contributed by atoms with Crippen molar-refractivity contribution in [2.75, 3.05) is 35.1 Å². The van der Waals surface area contributed by atoms with E-state index in [0.717, 1.165) is 17.3 Å². The lowest BCUT2D eigenvalue weighted by Crippen LogP contribution is -2.44. The fourth-order valence-electron chi connectivity index (χ4n) is 3.95. The molecule has 1 atom stereocenters. The summed E-state index contributed by atoms with van der Waals surface area (Å²) in [6.45, 7) is 4.11. The number of esters is 1. The van der Waals surface area contributed by atoms with E-state index in [-0.39, 0.29) is 24.3 Å². The van der Waals surface area contributed by atoms with E-state index in [1.165, 1.54) is 19.1 Å². The van der Waals surface area contributed by atoms with Crippen molar-refractivity contribution in [3.05, 3.63) is 48.0 Å². The number of imidazole rings is 1. The first kappa shape index (κ1) is 29.2. The van der Waals surface area contributed by atoms with E-state index in [1.54, 1.807) is 6.92 Å². The number of ether oxygens (including phenoxy) is 1. The topological polar surface area (TPSA) is 106 Å². The molecule has 0 radical (unpaired) electrons. The van der Waals surface area contributed by atoms with Crippen molar-refractivity contribution in [3.63, 3.8) is 0 Å². The molecule has 9 nitrogen and oxygen atoms in total. The number of para-hydroxylation sites is 1. The third-order valence-corrected chi connectivity index (χ3v) is 6.18. The molecule has 204 valence electrons.